The van der Waals surface area contributed by atoms with Crippen LogP contribution in [-0.2, 0) is 9.59 Å². The Labute approximate surface area is 203 Å². The monoisotopic (exact) mass is 487 g/mol. The topological polar surface area (TPSA) is 138 Å². The Morgan fingerprint density at radius 1 is 1.21 bits per heavy atom. The number of aliphatic hydroxyl groups is 1. The van der Waals surface area contributed by atoms with Crippen molar-refractivity contribution in [2.75, 3.05) is 6.54 Å². The second-order valence-electron chi connectivity index (χ2n) is 9.82. The predicted molar refractivity (Wildman–Crippen MR) is 131 cm³/mol. The van der Waals surface area contributed by atoms with Crippen LogP contribution in [0.3, 0.4) is 0 Å². The molecule has 4 amide bonds. The van der Waals surface area contributed by atoms with Gasteiger partial charge in [-0.1, -0.05) is 45.0 Å². The van der Waals surface area contributed by atoms with Gasteiger partial charge in [0.25, 0.3) is 0 Å². The molecule has 2 heterocycles. The van der Waals surface area contributed by atoms with E-state index in [2.05, 4.69) is 15.6 Å². The zero-order chi connectivity index (χ0) is 25.2. The number of nitrogens with two attached hydrogens (primary N) is 1. The van der Waals surface area contributed by atoms with E-state index in [0.717, 1.165) is 21.7 Å². The largest absolute Gasteiger partial charge is 0.391 e. The molecular formula is C24H33N5O4S. The number of β-amino-alcohol motifs (C(OH)–C–C–N with tert-alkyl or cyclic N) is 1. The first-order valence-corrected chi connectivity index (χ1v) is 12.1. The van der Waals surface area contributed by atoms with Gasteiger partial charge in [0.2, 0.25) is 11.8 Å². The Hall–Kier alpha value is -2.98. The molecule has 0 bridgehead atoms. The average Bonchev–Trinajstić information content (AvgIpc) is 3.36. The predicted octanol–water partition coefficient (Wildman–Crippen LogP) is 2.34. The van der Waals surface area contributed by atoms with E-state index in [4.69, 9.17) is 5.73 Å². The molecule has 5 N–H and O–H groups in total. The number of primary amides is 1. The molecule has 1 aromatic carbocycles. The van der Waals surface area contributed by atoms with Gasteiger partial charge in [0.1, 0.15) is 12.1 Å². The summed E-state index contributed by atoms with van der Waals surface area (Å²) >= 11 is 1.58. The quantitative estimate of drug-likeness (QED) is 0.496. The summed E-state index contributed by atoms with van der Waals surface area (Å²) in [5.74, 6) is -0.800. The fraction of sp³-hybridized carbons (Fsp3) is 0.500. The highest BCUT2D eigenvalue weighted by Gasteiger charge is 2.44. The normalized spacial score (nSPS) is 20.0. The number of amides is 4. The van der Waals surface area contributed by atoms with Gasteiger partial charge in [-0.3, -0.25) is 9.59 Å². The molecule has 1 saturated heterocycles. The number of rotatable bonds is 6. The number of aromatic nitrogens is 1. The zero-order valence-electron chi connectivity index (χ0n) is 20.2. The number of hydrogen-bond donors (Lipinski definition) is 4. The summed E-state index contributed by atoms with van der Waals surface area (Å²) in [5, 5.41) is 15.7. The van der Waals surface area contributed by atoms with Crippen LogP contribution < -0.4 is 16.4 Å². The van der Waals surface area contributed by atoms with E-state index in [0.29, 0.717) is 0 Å². The maximum Gasteiger partial charge on any atom is 0.312 e. The Kier molecular flexibility index (Phi) is 7.62. The molecule has 184 valence electrons. The molecule has 0 radical (unpaired) electrons. The summed E-state index contributed by atoms with van der Waals surface area (Å²) in [6.07, 6.45) is -0.701. The van der Waals surface area contributed by atoms with Gasteiger partial charge in [0.05, 0.1) is 28.2 Å². The first kappa shape index (κ1) is 25.6. The highest BCUT2D eigenvalue weighted by Crippen LogP contribution is 2.29. The summed E-state index contributed by atoms with van der Waals surface area (Å²) < 4.78 is 0. The lowest BCUT2D eigenvalue weighted by molar-refractivity contribution is -0.142. The van der Waals surface area contributed by atoms with E-state index in [1.165, 1.54) is 4.90 Å². The van der Waals surface area contributed by atoms with Gasteiger partial charge in [-0.2, -0.15) is 0 Å². The minimum Gasteiger partial charge on any atom is -0.391 e. The van der Waals surface area contributed by atoms with Gasteiger partial charge in [-0.05, 0) is 30.4 Å². The fourth-order valence-corrected chi connectivity index (χ4v) is 4.97. The highest BCUT2D eigenvalue weighted by molar-refractivity contribution is 7.13. The summed E-state index contributed by atoms with van der Waals surface area (Å²) in [6.45, 7) is 9.25. The molecule has 0 saturated carbocycles. The van der Waals surface area contributed by atoms with Crippen molar-refractivity contribution < 1.29 is 19.5 Å². The Balaban J connectivity index is 1.72. The van der Waals surface area contributed by atoms with Crippen LogP contribution in [0.25, 0.3) is 10.4 Å². The molecule has 1 fully saturated rings. The molecule has 1 aromatic heterocycles. The Bertz CT molecular complexity index is 1050. The van der Waals surface area contributed by atoms with Crippen molar-refractivity contribution in [2.45, 2.75) is 65.3 Å². The number of carbonyl (C=O) groups is 3. The summed E-state index contributed by atoms with van der Waals surface area (Å²) in [7, 11) is 0. The van der Waals surface area contributed by atoms with E-state index < -0.39 is 35.5 Å². The summed E-state index contributed by atoms with van der Waals surface area (Å²) in [4.78, 5) is 44.6. The van der Waals surface area contributed by atoms with Crippen LogP contribution >= 0.6 is 11.3 Å². The number of aryl methyl sites for hydroxylation is 1. The van der Waals surface area contributed by atoms with Crippen LogP contribution in [0.4, 0.5) is 4.79 Å². The van der Waals surface area contributed by atoms with Crippen molar-refractivity contribution in [3.63, 3.8) is 0 Å². The molecule has 4 atom stereocenters. The molecule has 2 aromatic rings. The van der Waals surface area contributed by atoms with Gasteiger partial charge in [-0.25, -0.2) is 9.78 Å². The highest BCUT2D eigenvalue weighted by atomic mass is 32.1. The third-order valence-corrected chi connectivity index (χ3v) is 7.02. The minimum absolute atomic E-state index is 0.0151. The van der Waals surface area contributed by atoms with Crippen LogP contribution in [0.15, 0.2) is 29.8 Å². The third kappa shape index (κ3) is 5.74. The average molecular weight is 488 g/mol. The lowest BCUT2D eigenvalue weighted by atomic mass is 9.85. The SMILES string of the molecule is Cc1ncsc1-c1ccc(C(C)NC(=O)C2CC(O)CN2C(=O)C(NC(N)=O)C(C)(C)C)cc1. The smallest absolute Gasteiger partial charge is 0.312 e. The van der Waals surface area contributed by atoms with E-state index in [1.54, 1.807) is 32.1 Å². The van der Waals surface area contributed by atoms with Gasteiger partial charge < -0.3 is 26.4 Å². The van der Waals surface area contributed by atoms with Crippen molar-refractivity contribution in [1.82, 2.24) is 20.5 Å². The number of nitrogens with zero attached hydrogens (tertiary/aromatic N) is 2. The van der Waals surface area contributed by atoms with Crippen molar-refractivity contribution in [1.29, 1.82) is 0 Å². The number of hydrogen-bond acceptors (Lipinski definition) is 6. The molecular weight excluding hydrogens is 454 g/mol. The zero-order valence-corrected chi connectivity index (χ0v) is 21.0. The van der Waals surface area contributed by atoms with Crippen LogP contribution in [0.2, 0.25) is 0 Å². The van der Waals surface area contributed by atoms with Crippen LogP contribution in [0.1, 0.15) is 51.4 Å². The van der Waals surface area contributed by atoms with Crippen molar-refractivity contribution in [3.05, 3.63) is 41.0 Å². The van der Waals surface area contributed by atoms with Crippen molar-refractivity contribution in [2.24, 2.45) is 11.1 Å². The summed E-state index contributed by atoms with van der Waals surface area (Å²) in [6, 6.07) is 5.01. The molecule has 10 heteroatoms. The van der Waals surface area contributed by atoms with E-state index in [9.17, 15) is 19.5 Å². The van der Waals surface area contributed by atoms with Crippen molar-refractivity contribution in [3.8, 4) is 10.4 Å². The van der Waals surface area contributed by atoms with Gasteiger partial charge in [-0.15, -0.1) is 11.3 Å². The van der Waals surface area contributed by atoms with E-state index >= 15 is 0 Å². The molecule has 3 rings (SSSR count). The molecule has 4 unspecified atom stereocenters. The molecule has 1 aliphatic rings. The number of likely N-dealkylation sites (tertiary alicyclic amines) is 1. The molecule has 0 spiro atoms. The van der Waals surface area contributed by atoms with Crippen LogP contribution in [-0.4, -0.2) is 57.6 Å². The second kappa shape index (κ2) is 10.1. The standard InChI is InChI=1S/C24H33N5O4S/c1-13(15-6-8-16(9-7-15)19-14(2)26-12-34-19)27-21(31)18-10-17(30)11-29(18)22(32)20(24(3,4)5)28-23(25)33/h6-9,12-13,17-18,20,30H,10-11H2,1-5H3,(H,27,31)(H3,25,28,33). The van der Waals surface area contributed by atoms with Crippen LogP contribution in [0.5, 0.6) is 0 Å². The minimum atomic E-state index is -0.925. The van der Waals surface area contributed by atoms with E-state index in [1.807, 2.05) is 43.6 Å². The summed E-state index contributed by atoms with van der Waals surface area (Å²) in [5.41, 5.74) is 9.41. The molecule has 1 aliphatic heterocycles. The molecule has 0 aliphatic carbocycles. The Morgan fingerprint density at radius 3 is 2.38 bits per heavy atom. The van der Waals surface area contributed by atoms with Gasteiger partial charge in [0.15, 0.2) is 0 Å². The number of nitrogens with one attached hydrogen (secondary N) is 2. The van der Waals surface area contributed by atoms with Gasteiger partial charge >= 0.3 is 6.03 Å². The molecule has 34 heavy (non-hydrogen) atoms. The fourth-order valence-electron chi connectivity index (χ4n) is 4.16. The maximum atomic E-state index is 13.3. The van der Waals surface area contributed by atoms with Crippen LogP contribution in [0, 0.1) is 12.3 Å². The lowest BCUT2D eigenvalue weighted by Crippen LogP contribution is -2.58. The maximum absolute atomic E-state index is 13.3. The first-order valence-electron chi connectivity index (χ1n) is 11.2. The third-order valence-electron chi connectivity index (χ3n) is 6.04. The van der Waals surface area contributed by atoms with Gasteiger partial charge in [0, 0.05) is 13.0 Å². The number of benzene rings is 1. The van der Waals surface area contributed by atoms with E-state index in [-0.39, 0.29) is 24.9 Å². The number of urea groups is 1. The first-order chi connectivity index (χ1) is 15.9. The number of carbonyl (C=O) groups excluding carboxylic acids is 3. The number of aliphatic hydroxyl groups excluding tert-OH is 1. The molecule has 9 nitrogen and oxygen atoms in total. The number of thiazole rings is 1. The lowest BCUT2D eigenvalue weighted by Gasteiger charge is -2.35. The second-order valence-corrected chi connectivity index (χ2v) is 10.7. The Morgan fingerprint density at radius 2 is 1.85 bits per heavy atom. The van der Waals surface area contributed by atoms with Crippen molar-refractivity contribution >= 4 is 29.2 Å².